The molecule has 0 aliphatic carbocycles. The van der Waals surface area contributed by atoms with E-state index in [1.807, 2.05) is 43.0 Å². The van der Waals surface area contributed by atoms with Crippen LogP contribution in [0, 0.1) is 6.92 Å². The predicted molar refractivity (Wildman–Crippen MR) is 86.7 cm³/mol. The van der Waals surface area contributed by atoms with Crippen LogP contribution < -0.4 is 4.90 Å². The third kappa shape index (κ3) is 2.83. The van der Waals surface area contributed by atoms with Crippen molar-refractivity contribution in [3.63, 3.8) is 0 Å². The third-order valence-corrected chi connectivity index (χ3v) is 4.46. The molecule has 0 spiro atoms. The maximum absolute atomic E-state index is 4.45. The van der Waals surface area contributed by atoms with Gasteiger partial charge in [0.25, 0.3) is 0 Å². The highest BCUT2D eigenvalue weighted by atomic mass is 15.3. The molecule has 1 fully saturated rings. The molecule has 118 valence electrons. The van der Waals surface area contributed by atoms with E-state index in [0.717, 1.165) is 31.0 Å². The monoisotopic (exact) mass is 300 g/mol. The van der Waals surface area contributed by atoms with Crippen molar-refractivity contribution in [3.8, 4) is 0 Å². The highest BCUT2D eigenvalue weighted by molar-refractivity contribution is 5.35. The first-order valence-electron chi connectivity index (χ1n) is 7.78. The first-order chi connectivity index (χ1) is 10.6. The van der Waals surface area contributed by atoms with E-state index in [-0.39, 0.29) is 0 Å². The first kappa shape index (κ1) is 15.0. The van der Waals surface area contributed by atoms with Crippen molar-refractivity contribution in [2.24, 2.45) is 7.05 Å². The zero-order valence-electron chi connectivity index (χ0n) is 13.8. The van der Waals surface area contributed by atoms with E-state index < -0.39 is 0 Å². The van der Waals surface area contributed by atoms with Crippen LogP contribution in [0.15, 0.2) is 18.3 Å². The Morgan fingerprint density at radius 1 is 1.27 bits per heavy atom. The van der Waals surface area contributed by atoms with E-state index in [1.54, 1.807) is 0 Å². The molecule has 3 heterocycles. The number of anilines is 1. The van der Waals surface area contributed by atoms with E-state index in [1.165, 1.54) is 17.7 Å². The van der Waals surface area contributed by atoms with Gasteiger partial charge >= 0.3 is 0 Å². The molecule has 6 heteroatoms. The fraction of sp³-hybridized carbons (Fsp3) is 0.562. The molecule has 2 aromatic rings. The van der Waals surface area contributed by atoms with Gasteiger partial charge in [-0.1, -0.05) is 0 Å². The van der Waals surface area contributed by atoms with Gasteiger partial charge in [0.1, 0.15) is 0 Å². The Morgan fingerprint density at radius 3 is 2.68 bits per heavy atom. The second-order valence-electron chi connectivity index (χ2n) is 6.24. The topological polar surface area (TPSA) is 50.1 Å². The Kier molecular flexibility index (Phi) is 4.11. The molecule has 6 nitrogen and oxygen atoms in total. The van der Waals surface area contributed by atoms with Gasteiger partial charge in [0.15, 0.2) is 5.82 Å². The molecule has 1 aliphatic heterocycles. The molecule has 3 rings (SSSR count). The summed E-state index contributed by atoms with van der Waals surface area (Å²) in [7, 11) is 5.98. The molecule has 0 N–H and O–H groups in total. The summed E-state index contributed by atoms with van der Waals surface area (Å²) in [6.07, 6.45) is 4.29. The molecule has 2 aromatic heterocycles. The van der Waals surface area contributed by atoms with Crippen molar-refractivity contribution in [1.82, 2.24) is 24.9 Å². The van der Waals surface area contributed by atoms with E-state index in [9.17, 15) is 0 Å². The summed E-state index contributed by atoms with van der Waals surface area (Å²) in [5.41, 5.74) is 3.61. The Balaban J connectivity index is 1.78. The van der Waals surface area contributed by atoms with Crippen LogP contribution >= 0.6 is 0 Å². The summed E-state index contributed by atoms with van der Waals surface area (Å²) in [6, 6.07) is 4.52. The van der Waals surface area contributed by atoms with Gasteiger partial charge in [-0.3, -0.25) is 9.58 Å². The van der Waals surface area contributed by atoms with E-state index in [0.29, 0.717) is 6.04 Å². The largest absolute Gasteiger partial charge is 0.361 e. The third-order valence-electron chi connectivity index (χ3n) is 4.46. The second kappa shape index (κ2) is 6.04. The second-order valence-corrected chi connectivity index (χ2v) is 6.24. The highest BCUT2D eigenvalue weighted by Gasteiger charge is 2.28. The molecule has 1 saturated heterocycles. The zero-order valence-corrected chi connectivity index (χ0v) is 13.8. The molecule has 22 heavy (non-hydrogen) atoms. The first-order valence-corrected chi connectivity index (χ1v) is 7.78. The van der Waals surface area contributed by atoms with Crippen LogP contribution in [0.3, 0.4) is 0 Å². The lowest BCUT2D eigenvalue weighted by molar-refractivity contribution is 0.236. The summed E-state index contributed by atoms with van der Waals surface area (Å²) in [4.78, 5) is 4.46. The average Bonchev–Trinajstić information content (AvgIpc) is 3.09. The number of nitrogens with zero attached hydrogens (tertiary/aromatic N) is 6. The van der Waals surface area contributed by atoms with Crippen LogP contribution in [-0.4, -0.2) is 45.5 Å². The van der Waals surface area contributed by atoms with Crippen LogP contribution in [0.4, 0.5) is 5.82 Å². The van der Waals surface area contributed by atoms with Gasteiger partial charge in [-0.2, -0.15) is 10.2 Å². The van der Waals surface area contributed by atoms with Gasteiger partial charge in [0.05, 0.1) is 23.6 Å². The lowest BCUT2D eigenvalue weighted by Gasteiger charge is -2.24. The van der Waals surface area contributed by atoms with Crippen molar-refractivity contribution in [3.05, 3.63) is 35.3 Å². The van der Waals surface area contributed by atoms with Crippen LogP contribution in [0.25, 0.3) is 0 Å². The quantitative estimate of drug-likeness (QED) is 0.863. The summed E-state index contributed by atoms with van der Waals surface area (Å²) in [5.74, 6) is 0.899. The molecule has 0 bridgehead atoms. The van der Waals surface area contributed by atoms with Gasteiger partial charge in [-0.05, 0) is 44.0 Å². The molecular formula is C16H24N6. The normalized spacial score (nSPS) is 18.8. The molecule has 1 aliphatic rings. The number of aryl methyl sites for hydroxylation is 2. The zero-order chi connectivity index (χ0) is 15.7. The van der Waals surface area contributed by atoms with Gasteiger partial charge in [-0.15, -0.1) is 5.10 Å². The molecule has 1 unspecified atom stereocenters. The maximum atomic E-state index is 4.45. The van der Waals surface area contributed by atoms with Crippen molar-refractivity contribution < 1.29 is 0 Å². The Hall–Kier alpha value is -1.95. The lowest BCUT2D eigenvalue weighted by Crippen LogP contribution is -2.25. The highest BCUT2D eigenvalue weighted by Crippen LogP contribution is 2.32. The summed E-state index contributed by atoms with van der Waals surface area (Å²) in [6.45, 7) is 4.15. The summed E-state index contributed by atoms with van der Waals surface area (Å²) in [5, 5.41) is 13.1. The predicted octanol–water partition coefficient (Wildman–Crippen LogP) is 1.92. The van der Waals surface area contributed by atoms with Crippen molar-refractivity contribution >= 4 is 5.82 Å². The van der Waals surface area contributed by atoms with E-state index in [4.69, 9.17) is 0 Å². The van der Waals surface area contributed by atoms with Crippen molar-refractivity contribution in [2.45, 2.75) is 32.4 Å². The van der Waals surface area contributed by atoms with Crippen molar-refractivity contribution in [2.75, 3.05) is 25.5 Å². The maximum Gasteiger partial charge on any atom is 0.150 e. The Labute approximate surface area is 131 Å². The fourth-order valence-corrected chi connectivity index (χ4v) is 3.09. The van der Waals surface area contributed by atoms with Gasteiger partial charge < -0.3 is 4.90 Å². The average molecular weight is 300 g/mol. The Morgan fingerprint density at radius 2 is 2.09 bits per heavy atom. The van der Waals surface area contributed by atoms with Gasteiger partial charge in [0.2, 0.25) is 0 Å². The number of hydrogen-bond donors (Lipinski definition) is 0. The molecule has 0 radical (unpaired) electrons. The molecule has 1 atom stereocenters. The minimum atomic E-state index is 0.359. The number of hydrogen-bond acceptors (Lipinski definition) is 5. The Bertz CT molecular complexity index is 611. The van der Waals surface area contributed by atoms with Gasteiger partial charge in [-0.25, -0.2) is 0 Å². The van der Waals surface area contributed by atoms with Crippen LogP contribution in [0.5, 0.6) is 0 Å². The standard InChI is InChI=1S/C16H24N6/c1-12-10-17-21(4)15(12)11-22-9-5-6-14(22)13-7-8-16(19-18-13)20(2)3/h7-8,10,14H,5-6,9,11H2,1-4H3. The molecule has 0 aromatic carbocycles. The minimum absolute atomic E-state index is 0.359. The smallest absolute Gasteiger partial charge is 0.150 e. The molecule has 0 amide bonds. The number of rotatable bonds is 4. The molecule has 0 saturated carbocycles. The molecular weight excluding hydrogens is 276 g/mol. The lowest BCUT2D eigenvalue weighted by atomic mass is 10.1. The number of likely N-dealkylation sites (tertiary alicyclic amines) is 1. The van der Waals surface area contributed by atoms with Gasteiger partial charge in [0, 0.05) is 27.7 Å². The van der Waals surface area contributed by atoms with Crippen LogP contribution in [-0.2, 0) is 13.6 Å². The van der Waals surface area contributed by atoms with Crippen LogP contribution in [0.1, 0.15) is 35.8 Å². The summed E-state index contributed by atoms with van der Waals surface area (Å²) >= 11 is 0. The SMILES string of the molecule is Cc1cnn(C)c1CN1CCCC1c1ccc(N(C)C)nn1. The number of aromatic nitrogens is 4. The fourth-order valence-electron chi connectivity index (χ4n) is 3.09. The minimum Gasteiger partial charge on any atom is -0.361 e. The van der Waals surface area contributed by atoms with Crippen LogP contribution in [0.2, 0.25) is 0 Å². The van der Waals surface area contributed by atoms with E-state index in [2.05, 4.69) is 33.2 Å². The summed E-state index contributed by atoms with van der Waals surface area (Å²) < 4.78 is 1.98. The van der Waals surface area contributed by atoms with Crippen molar-refractivity contribution in [1.29, 1.82) is 0 Å². The van der Waals surface area contributed by atoms with E-state index >= 15 is 0 Å².